The fourth-order valence-corrected chi connectivity index (χ4v) is 3.05. The molecule has 0 atom stereocenters. The minimum absolute atomic E-state index is 0.272. The number of likely N-dealkylation sites (tertiary alicyclic amines) is 1. The fourth-order valence-electron chi connectivity index (χ4n) is 3.05. The van der Waals surface area contributed by atoms with Crippen LogP contribution in [0.5, 0.6) is 5.75 Å². The predicted octanol–water partition coefficient (Wildman–Crippen LogP) is 2.33. The molecule has 2 heterocycles. The SMILES string of the molecule is COc1ccc2c(c1)oc(=O)n2CCC1CCN(C)CC1. The molecule has 1 aromatic heterocycles. The highest BCUT2D eigenvalue weighted by molar-refractivity contribution is 5.74. The van der Waals surface area contributed by atoms with Crippen LogP contribution in [0.15, 0.2) is 27.4 Å². The number of aromatic nitrogens is 1. The molecule has 0 N–H and O–H groups in total. The maximum absolute atomic E-state index is 12.0. The molecule has 0 saturated carbocycles. The Balaban J connectivity index is 1.74. The second kappa shape index (κ2) is 5.93. The summed E-state index contributed by atoms with van der Waals surface area (Å²) in [6.07, 6.45) is 3.47. The van der Waals surface area contributed by atoms with Gasteiger partial charge in [0.05, 0.1) is 12.6 Å². The number of hydrogen-bond donors (Lipinski definition) is 0. The predicted molar refractivity (Wildman–Crippen MR) is 81.9 cm³/mol. The number of benzene rings is 1. The highest BCUT2D eigenvalue weighted by Crippen LogP contribution is 2.23. The van der Waals surface area contributed by atoms with Gasteiger partial charge in [0.1, 0.15) is 5.75 Å². The van der Waals surface area contributed by atoms with Crippen LogP contribution in [0.1, 0.15) is 19.3 Å². The largest absolute Gasteiger partial charge is 0.497 e. The second-order valence-corrected chi connectivity index (χ2v) is 5.89. The molecule has 5 heteroatoms. The lowest BCUT2D eigenvalue weighted by Gasteiger charge is -2.28. The molecular formula is C16H22N2O3. The van der Waals surface area contributed by atoms with Crippen LogP contribution in [0.3, 0.4) is 0 Å². The first-order valence-corrected chi connectivity index (χ1v) is 7.53. The Bertz CT molecular complexity index is 666. The van der Waals surface area contributed by atoms with E-state index in [1.807, 2.05) is 12.1 Å². The van der Waals surface area contributed by atoms with Crippen molar-refractivity contribution in [2.45, 2.75) is 25.8 Å². The van der Waals surface area contributed by atoms with Crippen LogP contribution in [0.4, 0.5) is 0 Å². The van der Waals surface area contributed by atoms with Crippen molar-refractivity contribution in [3.8, 4) is 5.75 Å². The van der Waals surface area contributed by atoms with E-state index >= 15 is 0 Å². The first-order valence-electron chi connectivity index (χ1n) is 7.53. The minimum Gasteiger partial charge on any atom is -0.497 e. The molecule has 1 fully saturated rings. The number of ether oxygens (including phenoxy) is 1. The zero-order valence-electron chi connectivity index (χ0n) is 12.7. The number of nitrogens with zero attached hydrogens (tertiary/aromatic N) is 2. The number of hydrogen-bond acceptors (Lipinski definition) is 4. The smallest absolute Gasteiger partial charge is 0.419 e. The normalized spacial score (nSPS) is 17.4. The van der Waals surface area contributed by atoms with Gasteiger partial charge in [0.15, 0.2) is 5.58 Å². The topological polar surface area (TPSA) is 47.6 Å². The molecule has 0 unspecified atom stereocenters. The Kier molecular flexibility index (Phi) is 4.01. The average Bonchev–Trinajstić information content (AvgIpc) is 2.81. The summed E-state index contributed by atoms with van der Waals surface area (Å²) in [6, 6.07) is 5.53. The molecular weight excluding hydrogens is 268 g/mol. The lowest BCUT2D eigenvalue weighted by Crippen LogP contribution is -2.31. The van der Waals surface area contributed by atoms with E-state index in [2.05, 4.69) is 11.9 Å². The number of methoxy groups -OCH3 is 1. The summed E-state index contributed by atoms with van der Waals surface area (Å²) in [6.45, 7) is 3.04. The fraction of sp³-hybridized carbons (Fsp3) is 0.562. The maximum atomic E-state index is 12.0. The Labute approximate surface area is 124 Å². The van der Waals surface area contributed by atoms with Crippen molar-refractivity contribution in [1.29, 1.82) is 0 Å². The van der Waals surface area contributed by atoms with E-state index in [4.69, 9.17) is 9.15 Å². The number of aryl methyl sites for hydroxylation is 1. The zero-order chi connectivity index (χ0) is 14.8. The molecule has 0 bridgehead atoms. The molecule has 2 aromatic rings. The molecule has 1 aliphatic rings. The molecule has 0 spiro atoms. The third-order valence-electron chi connectivity index (χ3n) is 4.47. The van der Waals surface area contributed by atoms with Gasteiger partial charge in [0, 0.05) is 12.6 Å². The quantitative estimate of drug-likeness (QED) is 0.867. The van der Waals surface area contributed by atoms with Crippen molar-refractivity contribution >= 4 is 11.1 Å². The molecule has 0 aliphatic carbocycles. The van der Waals surface area contributed by atoms with Crippen molar-refractivity contribution in [3.05, 3.63) is 28.7 Å². The van der Waals surface area contributed by atoms with Gasteiger partial charge in [-0.3, -0.25) is 4.57 Å². The van der Waals surface area contributed by atoms with E-state index < -0.39 is 0 Å². The van der Waals surface area contributed by atoms with Gasteiger partial charge in [-0.15, -0.1) is 0 Å². The Morgan fingerprint density at radius 2 is 2.10 bits per heavy atom. The molecule has 1 aliphatic heterocycles. The van der Waals surface area contributed by atoms with Gasteiger partial charge in [-0.1, -0.05) is 0 Å². The van der Waals surface area contributed by atoms with E-state index in [9.17, 15) is 4.79 Å². The number of piperidine rings is 1. The summed E-state index contributed by atoms with van der Waals surface area (Å²) >= 11 is 0. The third kappa shape index (κ3) is 2.97. The molecule has 5 nitrogen and oxygen atoms in total. The van der Waals surface area contributed by atoms with E-state index in [1.165, 1.54) is 12.8 Å². The van der Waals surface area contributed by atoms with Gasteiger partial charge < -0.3 is 14.1 Å². The Morgan fingerprint density at radius 3 is 2.81 bits per heavy atom. The van der Waals surface area contributed by atoms with E-state index in [1.54, 1.807) is 17.7 Å². The Morgan fingerprint density at radius 1 is 1.33 bits per heavy atom. The van der Waals surface area contributed by atoms with Gasteiger partial charge in [-0.2, -0.15) is 0 Å². The molecule has 1 saturated heterocycles. The number of fused-ring (bicyclic) bond motifs is 1. The van der Waals surface area contributed by atoms with Crippen LogP contribution >= 0.6 is 0 Å². The summed E-state index contributed by atoms with van der Waals surface area (Å²) in [4.78, 5) is 14.4. The monoisotopic (exact) mass is 290 g/mol. The van der Waals surface area contributed by atoms with Crippen molar-refractivity contribution in [3.63, 3.8) is 0 Å². The van der Waals surface area contributed by atoms with Crippen LogP contribution in [0, 0.1) is 5.92 Å². The summed E-state index contributed by atoms with van der Waals surface area (Å²) in [5, 5.41) is 0. The first-order chi connectivity index (χ1) is 10.2. The Hall–Kier alpha value is -1.75. The van der Waals surface area contributed by atoms with E-state index in [0.29, 0.717) is 17.3 Å². The number of oxazole rings is 1. The molecule has 114 valence electrons. The average molecular weight is 290 g/mol. The van der Waals surface area contributed by atoms with Crippen LogP contribution in [-0.2, 0) is 6.54 Å². The van der Waals surface area contributed by atoms with Crippen LogP contribution in [-0.4, -0.2) is 36.7 Å². The summed E-state index contributed by atoms with van der Waals surface area (Å²) in [5.41, 5.74) is 1.46. The standard InChI is InChI=1S/C16H22N2O3/c1-17-8-5-12(6-9-17)7-10-18-14-4-3-13(20-2)11-15(14)21-16(18)19/h3-4,11-12H,5-10H2,1-2H3. The highest BCUT2D eigenvalue weighted by atomic mass is 16.5. The molecule has 1 aromatic carbocycles. The van der Waals surface area contributed by atoms with Gasteiger partial charge in [0.25, 0.3) is 0 Å². The first kappa shape index (κ1) is 14.2. The molecule has 0 amide bonds. The van der Waals surface area contributed by atoms with E-state index in [-0.39, 0.29) is 5.76 Å². The zero-order valence-corrected chi connectivity index (χ0v) is 12.7. The molecule has 0 radical (unpaired) electrons. The van der Waals surface area contributed by atoms with Crippen molar-refractivity contribution in [2.24, 2.45) is 5.92 Å². The summed E-state index contributed by atoms with van der Waals surface area (Å²) in [5.74, 6) is 1.14. The highest BCUT2D eigenvalue weighted by Gasteiger charge is 2.18. The van der Waals surface area contributed by atoms with Crippen LogP contribution in [0.2, 0.25) is 0 Å². The lowest BCUT2D eigenvalue weighted by atomic mass is 9.94. The molecule has 3 rings (SSSR count). The van der Waals surface area contributed by atoms with Gasteiger partial charge in [-0.05, 0) is 57.5 Å². The van der Waals surface area contributed by atoms with E-state index in [0.717, 1.165) is 31.6 Å². The summed E-state index contributed by atoms with van der Waals surface area (Å²) < 4.78 is 12.2. The van der Waals surface area contributed by atoms with Crippen molar-refractivity contribution < 1.29 is 9.15 Å². The van der Waals surface area contributed by atoms with Gasteiger partial charge in [0.2, 0.25) is 0 Å². The van der Waals surface area contributed by atoms with Gasteiger partial charge >= 0.3 is 5.76 Å². The minimum atomic E-state index is -0.272. The molecule has 21 heavy (non-hydrogen) atoms. The van der Waals surface area contributed by atoms with Crippen molar-refractivity contribution in [2.75, 3.05) is 27.2 Å². The third-order valence-corrected chi connectivity index (χ3v) is 4.47. The number of rotatable bonds is 4. The second-order valence-electron chi connectivity index (χ2n) is 5.89. The van der Waals surface area contributed by atoms with Crippen LogP contribution < -0.4 is 10.5 Å². The maximum Gasteiger partial charge on any atom is 0.419 e. The van der Waals surface area contributed by atoms with Crippen LogP contribution in [0.25, 0.3) is 11.1 Å². The van der Waals surface area contributed by atoms with Crippen molar-refractivity contribution in [1.82, 2.24) is 9.47 Å². The van der Waals surface area contributed by atoms with Gasteiger partial charge in [-0.25, -0.2) is 4.79 Å². The lowest BCUT2D eigenvalue weighted by molar-refractivity contribution is 0.207. The summed E-state index contributed by atoms with van der Waals surface area (Å²) in [7, 11) is 3.77.